The molecule has 1 amide bonds. The first-order valence-corrected chi connectivity index (χ1v) is 5.90. The minimum Gasteiger partial charge on any atom is -0.373 e. The normalized spacial score (nSPS) is 23.3. The fraction of sp³-hybridized carbons (Fsp3) is 0.500. The van der Waals surface area contributed by atoms with Crippen LogP contribution in [0.4, 0.5) is 19.0 Å². The molecule has 0 aliphatic carbocycles. The van der Waals surface area contributed by atoms with Gasteiger partial charge < -0.3 is 10.6 Å². The number of pyridine rings is 1. The molecule has 0 aromatic carbocycles. The maximum absolute atomic E-state index is 12.5. The second-order valence-corrected chi connectivity index (χ2v) is 4.54. The lowest BCUT2D eigenvalue weighted by atomic mass is 9.96. The first kappa shape index (κ1) is 13.6. The molecule has 2 rings (SSSR count). The van der Waals surface area contributed by atoms with Crippen LogP contribution in [0, 0.1) is 5.92 Å². The van der Waals surface area contributed by atoms with E-state index in [9.17, 15) is 18.0 Å². The highest BCUT2D eigenvalue weighted by Crippen LogP contribution is 2.31. The van der Waals surface area contributed by atoms with Gasteiger partial charge in [-0.05, 0) is 30.5 Å². The third kappa shape index (κ3) is 3.15. The summed E-state index contributed by atoms with van der Waals surface area (Å²) >= 11 is 0. The number of carbonyl (C=O) groups is 1. The van der Waals surface area contributed by atoms with Crippen LogP contribution in [-0.4, -0.2) is 30.2 Å². The summed E-state index contributed by atoms with van der Waals surface area (Å²) in [6.07, 6.45) is -2.73. The van der Waals surface area contributed by atoms with Crippen molar-refractivity contribution in [2.45, 2.75) is 25.1 Å². The maximum atomic E-state index is 12.5. The molecule has 0 spiro atoms. The molecular weight excluding hydrogens is 259 g/mol. The van der Waals surface area contributed by atoms with E-state index in [1.807, 2.05) is 5.32 Å². The second-order valence-electron chi connectivity index (χ2n) is 4.54. The third-order valence-electron chi connectivity index (χ3n) is 3.17. The zero-order valence-electron chi connectivity index (χ0n) is 10.3. The molecule has 2 atom stereocenters. The van der Waals surface area contributed by atoms with Crippen molar-refractivity contribution >= 4 is 11.7 Å². The van der Waals surface area contributed by atoms with Crippen molar-refractivity contribution in [3.8, 4) is 0 Å². The Kier molecular flexibility index (Phi) is 3.64. The van der Waals surface area contributed by atoms with Gasteiger partial charge in [0.15, 0.2) is 0 Å². The average molecular weight is 273 g/mol. The Balaban J connectivity index is 2.05. The zero-order chi connectivity index (χ0) is 14.0. The van der Waals surface area contributed by atoms with E-state index in [1.54, 1.807) is 25.4 Å². The van der Waals surface area contributed by atoms with E-state index >= 15 is 0 Å². The summed E-state index contributed by atoms with van der Waals surface area (Å²) in [5.74, 6) is -0.549. The fourth-order valence-corrected chi connectivity index (χ4v) is 2.15. The monoisotopic (exact) mass is 273 g/mol. The Morgan fingerprint density at radius 1 is 1.53 bits per heavy atom. The summed E-state index contributed by atoms with van der Waals surface area (Å²) in [5, 5.41) is 4.84. The summed E-state index contributed by atoms with van der Waals surface area (Å²) in [4.78, 5) is 15.6. The summed E-state index contributed by atoms with van der Waals surface area (Å²) in [7, 11) is 1.70. The molecule has 4 nitrogen and oxygen atoms in total. The first-order valence-electron chi connectivity index (χ1n) is 5.90. The van der Waals surface area contributed by atoms with E-state index in [2.05, 4.69) is 10.3 Å². The summed E-state index contributed by atoms with van der Waals surface area (Å²) in [6.45, 7) is 0. The summed E-state index contributed by atoms with van der Waals surface area (Å²) in [6, 6.07) is 1.71. The molecule has 1 fully saturated rings. The number of rotatable bonds is 3. The number of alkyl halides is 3. The van der Waals surface area contributed by atoms with Crippen molar-refractivity contribution in [2.75, 3.05) is 12.4 Å². The summed E-state index contributed by atoms with van der Waals surface area (Å²) < 4.78 is 37.6. The molecule has 0 unspecified atom stereocenters. The van der Waals surface area contributed by atoms with Crippen molar-refractivity contribution in [3.63, 3.8) is 0 Å². The van der Waals surface area contributed by atoms with Crippen LogP contribution in [0.15, 0.2) is 18.3 Å². The van der Waals surface area contributed by atoms with E-state index in [0.717, 1.165) is 5.56 Å². The number of carbonyl (C=O) groups excluding carboxylic acids is 1. The van der Waals surface area contributed by atoms with Crippen LogP contribution in [0.2, 0.25) is 0 Å². The predicted octanol–water partition coefficient (Wildman–Crippen LogP) is 1.73. The lowest BCUT2D eigenvalue weighted by molar-refractivity contribution is -0.154. The van der Waals surface area contributed by atoms with Gasteiger partial charge in [-0.15, -0.1) is 0 Å². The van der Waals surface area contributed by atoms with Crippen LogP contribution in [0.25, 0.3) is 0 Å². The number of nitrogens with zero attached hydrogens (tertiary/aromatic N) is 1. The van der Waals surface area contributed by atoms with Gasteiger partial charge in [0, 0.05) is 19.2 Å². The van der Waals surface area contributed by atoms with E-state index in [1.165, 1.54) is 0 Å². The molecule has 1 saturated heterocycles. The Bertz CT molecular complexity index is 476. The number of nitrogens with one attached hydrogen (secondary N) is 2. The minimum absolute atomic E-state index is 0.209. The van der Waals surface area contributed by atoms with Crippen LogP contribution in [0.5, 0.6) is 0 Å². The molecule has 1 aromatic heterocycles. The summed E-state index contributed by atoms with van der Waals surface area (Å²) in [5.41, 5.74) is 0.794. The van der Waals surface area contributed by atoms with Gasteiger partial charge in [0.25, 0.3) is 0 Å². The van der Waals surface area contributed by atoms with Crippen LogP contribution in [0.3, 0.4) is 0 Å². The van der Waals surface area contributed by atoms with Gasteiger partial charge in [-0.2, -0.15) is 13.2 Å². The molecule has 0 bridgehead atoms. The smallest absolute Gasteiger partial charge is 0.373 e. The molecule has 2 N–H and O–H groups in total. The van der Waals surface area contributed by atoms with Gasteiger partial charge in [0.2, 0.25) is 5.91 Å². The molecule has 1 aromatic rings. The Morgan fingerprint density at radius 3 is 2.84 bits per heavy atom. The minimum atomic E-state index is -4.38. The van der Waals surface area contributed by atoms with Crippen molar-refractivity contribution in [1.82, 2.24) is 10.3 Å². The maximum Gasteiger partial charge on any atom is 0.408 e. The topological polar surface area (TPSA) is 54.0 Å². The zero-order valence-corrected chi connectivity index (χ0v) is 10.3. The van der Waals surface area contributed by atoms with Gasteiger partial charge in [-0.1, -0.05) is 0 Å². The SMILES string of the molecule is CNc1cc(C[C@H]2C[C@@H](C(F)(F)F)NC2=O)ccn1. The number of halogens is 3. The molecule has 104 valence electrons. The van der Waals surface area contributed by atoms with Gasteiger partial charge >= 0.3 is 6.18 Å². The molecule has 1 aliphatic heterocycles. The number of aromatic nitrogens is 1. The number of hydrogen-bond acceptors (Lipinski definition) is 3. The largest absolute Gasteiger partial charge is 0.408 e. The first-order chi connectivity index (χ1) is 8.90. The van der Waals surface area contributed by atoms with Crippen molar-refractivity contribution < 1.29 is 18.0 Å². The van der Waals surface area contributed by atoms with Crippen LogP contribution < -0.4 is 10.6 Å². The van der Waals surface area contributed by atoms with Crippen LogP contribution >= 0.6 is 0 Å². The van der Waals surface area contributed by atoms with Crippen LogP contribution in [0.1, 0.15) is 12.0 Å². The van der Waals surface area contributed by atoms with Gasteiger partial charge in [0.05, 0.1) is 0 Å². The lowest BCUT2D eigenvalue weighted by Crippen LogP contribution is -2.38. The molecular formula is C12H14F3N3O. The van der Waals surface area contributed by atoms with E-state index in [4.69, 9.17) is 0 Å². The fourth-order valence-electron chi connectivity index (χ4n) is 2.15. The predicted molar refractivity (Wildman–Crippen MR) is 63.6 cm³/mol. The van der Waals surface area contributed by atoms with E-state index in [0.29, 0.717) is 5.82 Å². The molecule has 19 heavy (non-hydrogen) atoms. The Hall–Kier alpha value is -1.79. The third-order valence-corrected chi connectivity index (χ3v) is 3.17. The standard InChI is InChI=1S/C12H14F3N3O/c1-16-10-5-7(2-3-17-10)4-8-6-9(12(13,14)15)18-11(8)19/h2-3,5,8-9H,4,6H2,1H3,(H,16,17)(H,18,19)/t8-,9-/m0/s1. The number of hydrogen-bond donors (Lipinski definition) is 2. The van der Waals surface area contributed by atoms with Crippen LogP contribution in [-0.2, 0) is 11.2 Å². The lowest BCUT2D eigenvalue weighted by Gasteiger charge is -2.13. The molecule has 7 heteroatoms. The Morgan fingerprint density at radius 2 is 2.26 bits per heavy atom. The Labute approximate surface area is 108 Å². The number of anilines is 1. The van der Waals surface area contributed by atoms with Crippen molar-refractivity contribution in [1.29, 1.82) is 0 Å². The van der Waals surface area contributed by atoms with E-state index < -0.39 is 24.0 Å². The molecule has 2 heterocycles. The molecule has 1 aliphatic rings. The number of amides is 1. The second kappa shape index (κ2) is 5.07. The highest BCUT2D eigenvalue weighted by Gasteiger charge is 2.47. The molecule has 0 radical (unpaired) electrons. The van der Waals surface area contributed by atoms with Gasteiger partial charge in [-0.25, -0.2) is 4.98 Å². The van der Waals surface area contributed by atoms with Gasteiger partial charge in [0.1, 0.15) is 11.9 Å². The molecule has 0 saturated carbocycles. The quantitative estimate of drug-likeness (QED) is 0.882. The van der Waals surface area contributed by atoms with E-state index in [-0.39, 0.29) is 12.8 Å². The highest BCUT2D eigenvalue weighted by molar-refractivity contribution is 5.81. The van der Waals surface area contributed by atoms with Crippen molar-refractivity contribution in [2.24, 2.45) is 5.92 Å². The van der Waals surface area contributed by atoms with Gasteiger partial charge in [-0.3, -0.25) is 4.79 Å². The average Bonchev–Trinajstić information content (AvgIpc) is 2.71. The highest BCUT2D eigenvalue weighted by atomic mass is 19.4. The van der Waals surface area contributed by atoms with Crippen molar-refractivity contribution in [3.05, 3.63) is 23.9 Å².